The van der Waals surface area contributed by atoms with Crippen LogP contribution in [0.2, 0.25) is 0 Å². The van der Waals surface area contributed by atoms with Crippen LogP contribution in [0, 0.1) is 0 Å². The van der Waals surface area contributed by atoms with Gasteiger partial charge in [-0.05, 0) is 59.4 Å². The minimum absolute atomic E-state index is 0.121. The lowest BCUT2D eigenvalue weighted by molar-refractivity contribution is -0.140. The second-order valence-electron chi connectivity index (χ2n) is 8.68. The summed E-state index contributed by atoms with van der Waals surface area (Å²) in [6.45, 7) is 1.49. The number of nitrogens with zero attached hydrogens (tertiary/aromatic N) is 1. The van der Waals surface area contributed by atoms with Crippen molar-refractivity contribution in [2.24, 2.45) is 0 Å². The molecular weight excluding hydrogens is 430 g/mol. The molecule has 6 nitrogen and oxygen atoms in total. The zero-order valence-electron chi connectivity index (χ0n) is 19.1. The van der Waals surface area contributed by atoms with E-state index in [4.69, 9.17) is 9.47 Å². The molecular formula is C28H27NO5. The maximum Gasteiger partial charge on any atom is 0.295 e. The van der Waals surface area contributed by atoms with Gasteiger partial charge in [-0.3, -0.25) is 9.59 Å². The van der Waals surface area contributed by atoms with Gasteiger partial charge in [0, 0.05) is 25.8 Å². The number of aryl methyl sites for hydroxylation is 1. The van der Waals surface area contributed by atoms with Crippen molar-refractivity contribution in [3.05, 3.63) is 82.9 Å². The third-order valence-electron chi connectivity index (χ3n) is 6.59. The molecule has 2 aliphatic rings. The number of carbonyl (C=O) groups is 2. The van der Waals surface area contributed by atoms with Crippen molar-refractivity contribution < 1.29 is 24.2 Å². The largest absolute Gasteiger partial charge is 0.507 e. The number of rotatable bonds is 6. The summed E-state index contributed by atoms with van der Waals surface area (Å²) in [6, 6.07) is 18.5. The van der Waals surface area contributed by atoms with E-state index < -0.39 is 17.7 Å². The summed E-state index contributed by atoms with van der Waals surface area (Å²) in [6.07, 6.45) is 2.33. The Labute approximate surface area is 198 Å². The molecule has 1 N–H and O–H groups in total. The number of carbonyl (C=O) groups excluding carboxylic acids is 2. The first kappa shape index (κ1) is 22.2. The zero-order valence-corrected chi connectivity index (χ0v) is 19.1. The fourth-order valence-corrected chi connectivity index (χ4v) is 4.97. The van der Waals surface area contributed by atoms with E-state index in [-0.39, 0.29) is 11.3 Å². The van der Waals surface area contributed by atoms with Crippen LogP contribution >= 0.6 is 0 Å². The first-order chi connectivity index (χ1) is 16.6. The first-order valence-electron chi connectivity index (χ1n) is 11.6. The van der Waals surface area contributed by atoms with Gasteiger partial charge in [0.15, 0.2) is 0 Å². The van der Waals surface area contributed by atoms with Gasteiger partial charge in [-0.1, -0.05) is 42.5 Å². The van der Waals surface area contributed by atoms with Crippen LogP contribution in [0.15, 0.2) is 66.2 Å². The number of methoxy groups -OCH3 is 1. The van der Waals surface area contributed by atoms with E-state index in [1.54, 1.807) is 18.1 Å². The van der Waals surface area contributed by atoms with Crippen molar-refractivity contribution in [2.45, 2.75) is 25.3 Å². The van der Waals surface area contributed by atoms with Gasteiger partial charge < -0.3 is 19.5 Å². The third-order valence-corrected chi connectivity index (χ3v) is 6.59. The van der Waals surface area contributed by atoms with E-state index in [0.717, 1.165) is 40.5 Å². The molecule has 1 fully saturated rings. The lowest BCUT2D eigenvalue weighted by Crippen LogP contribution is -2.31. The van der Waals surface area contributed by atoms with Crippen LogP contribution in [0.25, 0.3) is 16.5 Å². The molecule has 0 radical (unpaired) electrons. The highest BCUT2D eigenvalue weighted by Gasteiger charge is 2.46. The molecule has 3 aromatic rings. The summed E-state index contributed by atoms with van der Waals surface area (Å²) < 4.78 is 10.9. The van der Waals surface area contributed by atoms with Gasteiger partial charge in [0.2, 0.25) is 0 Å². The lowest BCUT2D eigenvalue weighted by atomic mass is 9.91. The summed E-state index contributed by atoms with van der Waals surface area (Å²) in [5.74, 6) is -0.619. The van der Waals surface area contributed by atoms with E-state index in [0.29, 0.717) is 31.7 Å². The highest BCUT2D eigenvalue weighted by molar-refractivity contribution is 6.46. The van der Waals surface area contributed by atoms with Gasteiger partial charge in [-0.25, -0.2) is 0 Å². The zero-order chi connectivity index (χ0) is 23.7. The number of hydrogen-bond acceptors (Lipinski definition) is 5. The standard InChI is InChI=1S/C28H27NO5/c1-33-15-6-14-29-25(22-11-4-8-18-7-2-3-10-21(18)22)24(27(31)28(29)32)26(30)20-12-13-23-19(17-20)9-5-16-34-23/h2-4,7-8,10-13,17,25,30H,5-6,9,14-16H2,1H3/b26-24-. The van der Waals surface area contributed by atoms with Crippen molar-refractivity contribution in [1.29, 1.82) is 0 Å². The predicted molar refractivity (Wildman–Crippen MR) is 130 cm³/mol. The second-order valence-corrected chi connectivity index (χ2v) is 8.68. The van der Waals surface area contributed by atoms with Crippen LogP contribution in [0.3, 0.4) is 0 Å². The van der Waals surface area contributed by atoms with Crippen molar-refractivity contribution >= 4 is 28.2 Å². The topological polar surface area (TPSA) is 76.1 Å². The van der Waals surface area contributed by atoms with Crippen LogP contribution < -0.4 is 4.74 Å². The summed E-state index contributed by atoms with van der Waals surface area (Å²) in [7, 11) is 1.61. The van der Waals surface area contributed by atoms with Gasteiger partial charge in [-0.2, -0.15) is 0 Å². The van der Waals surface area contributed by atoms with Crippen molar-refractivity contribution in [2.75, 3.05) is 26.9 Å². The maximum absolute atomic E-state index is 13.3. The molecule has 0 aliphatic carbocycles. The minimum atomic E-state index is -0.685. The molecule has 5 rings (SSSR count). The molecule has 2 aliphatic heterocycles. The molecule has 1 saturated heterocycles. The van der Waals surface area contributed by atoms with E-state index in [1.807, 2.05) is 54.6 Å². The lowest BCUT2D eigenvalue weighted by Gasteiger charge is -2.26. The van der Waals surface area contributed by atoms with Gasteiger partial charge in [-0.15, -0.1) is 0 Å². The van der Waals surface area contributed by atoms with E-state index in [2.05, 4.69) is 0 Å². The monoisotopic (exact) mass is 457 g/mol. The Kier molecular flexibility index (Phi) is 6.07. The van der Waals surface area contributed by atoms with Crippen LogP contribution in [-0.4, -0.2) is 48.6 Å². The number of fused-ring (bicyclic) bond motifs is 2. The molecule has 1 unspecified atom stereocenters. The molecule has 0 aromatic heterocycles. The molecule has 2 heterocycles. The Balaban J connectivity index is 1.67. The average Bonchev–Trinajstić information content (AvgIpc) is 3.12. The second kappa shape index (κ2) is 9.31. The Hall–Kier alpha value is -3.64. The van der Waals surface area contributed by atoms with Crippen molar-refractivity contribution in [3.63, 3.8) is 0 Å². The maximum atomic E-state index is 13.3. The van der Waals surface area contributed by atoms with E-state index in [9.17, 15) is 14.7 Å². The summed E-state index contributed by atoms with van der Waals surface area (Å²) in [5.41, 5.74) is 2.45. The molecule has 0 spiro atoms. The summed E-state index contributed by atoms with van der Waals surface area (Å²) in [5, 5.41) is 13.4. The number of likely N-dealkylation sites (tertiary alicyclic amines) is 1. The first-order valence-corrected chi connectivity index (χ1v) is 11.6. The van der Waals surface area contributed by atoms with Crippen molar-refractivity contribution in [1.82, 2.24) is 4.90 Å². The van der Waals surface area contributed by atoms with Crippen molar-refractivity contribution in [3.8, 4) is 5.75 Å². The molecule has 6 heteroatoms. The highest BCUT2D eigenvalue weighted by atomic mass is 16.5. The van der Waals surface area contributed by atoms with Gasteiger partial charge in [0.1, 0.15) is 11.5 Å². The van der Waals surface area contributed by atoms with E-state index in [1.165, 1.54) is 0 Å². The number of ether oxygens (including phenoxy) is 2. The average molecular weight is 458 g/mol. The quantitative estimate of drug-likeness (QED) is 0.253. The van der Waals surface area contributed by atoms with Gasteiger partial charge in [0.05, 0.1) is 18.2 Å². The number of amides is 1. The fourth-order valence-electron chi connectivity index (χ4n) is 4.97. The van der Waals surface area contributed by atoms with Crippen LogP contribution in [0.1, 0.15) is 35.6 Å². The molecule has 34 heavy (non-hydrogen) atoms. The smallest absolute Gasteiger partial charge is 0.295 e. The SMILES string of the molecule is COCCCN1C(=O)C(=O)/C(=C(\O)c2ccc3c(c2)CCCO3)C1c1cccc2ccccc12. The fraction of sp³-hybridized carbons (Fsp3) is 0.286. The normalized spacial score (nSPS) is 19.3. The third kappa shape index (κ3) is 3.84. The number of aliphatic hydroxyl groups is 1. The summed E-state index contributed by atoms with van der Waals surface area (Å²) in [4.78, 5) is 28.0. The molecule has 1 atom stereocenters. The molecule has 1 amide bonds. The highest BCUT2D eigenvalue weighted by Crippen LogP contribution is 2.42. The number of benzene rings is 3. The van der Waals surface area contributed by atoms with E-state index >= 15 is 0 Å². The minimum Gasteiger partial charge on any atom is -0.507 e. The molecule has 0 saturated carbocycles. The summed E-state index contributed by atoms with van der Waals surface area (Å²) >= 11 is 0. The number of ketones is 1. The predicted octanol–water partition coefficient (Wildman–Crippen LogP) is 4.62. The van der Waals surface area contributed by atoms with Crippen LogP contribution in [-0.2, 0) is 20.7 Å². The Morgan fingerprint density at radius 3 is 2.79 bits per heavy atom. The van der Waals surface area contributed by atoms with Crippen LogP contribution in [0.4, 0.5) is 0 Å². The van der Waals surface area contributed by atoms with Gasteiger partial charge in [0.25, 0.3) is 11.7 Å². The number of Topliss-reactive ketones (excluding diaryl/α,β-unsaturated/α-hetero) is 1. The van der Waals surface area contributed by atoms with Gasteiger partial charge >= 0.3 is 0 Å². The Morgan fingerprint density at radius 1 is 1.12 bits per heavy atom. The Morgan fingerprint density at radius 2 is 1.94 bits per heavy atom. The Bertz CT molecular complexity index is 1290. The number of aliphatic hydroxyl groups excluding tert-OH is 1. The van der Waals surface area contributed by atoms with Crippen LogP contribution in [0.5, 0.6) is 5.75 Å². The number of hydrogen-bond donors (Lipinski definition) is 1. The molecule has 3 aromatic carbocycles. The molecule has 0 bridgehead atoms. The molecule has 174 valence electrons.